The second kappa shape index (κ2) is 6.98. The molecule has 0 saturated heterocycles. The molecule has 2 rings (SSSR count). The largest absolute Gasteiger partial charge is 0.372 e. The highest BCUT2D eigenvalue weighted by Crippen LogP contribution is 2.06. The lowest BCUT2D eigenvalue weighted by Crippen LogP contribution is -2.29. The van der Waals surface area contributed by atoms with Crippen LogP contribution in [0.4, 0.5) is 5.69 Å². The maximum atomic E-state index is 12.1. The fourth-order valence-electron chi connectivity index (χ4n) is 2.02. The highest BCUT2D eigenvalue weighted by atomic mass is 16.1. The molecule has 8 heteroatoms. The van der Waals surface area contributed by atoms with E-state index in [0.29, 0.717) is 19.6 Å². The van der Waals surface area contributed by atoms with Crippen LogP contribution in [0, 0.1) is 0 Å². The summed E-state index contributed by atoms with van der Waals surface area (Å²) >= 11 is 0. The molecule has 0 atom stereocenters. The minimum Gasteiger partial charge on any atom is -0.372 e. The van der Waals surface area contributed by atoms with E-state index < -0.39 is 0 Å². The van der Waals surface area contributed by atoms with Crippen LogP contribution in [0.1, 0.15) is 19.2 Å². The van der Waals surface area contributed by atoms with Gasteiger partial charge in [0.2, 0.25) is 0 Å². The van der Waals surface area contributed by atoms with Gasteiger partial charge in [0.25, 0.3) is 5.56 Å². The van der Waals surface area contributed by atoms with Gasteiger partial charge in [-0.15, -0.1) is 0 Å². The van der Waals surface area contributed by atoms with Crippen molar-refractivity contribution in [1.82, 2.24) is 24.5 Å². The highest BCUT2D eigenvalue weighted by molar-refractivity contribution is 5.41. The molecule has 0 bridgehead atoms. The number of likely N-dealkylation sites (N-methyl/N-ethyl adjacent to an activating group) is 1. The molecule has 0 amide bonds. The summed E-state index contributed by atoms with van der Waals surface area (Å²) in [6, 6.07) is 1.56. The third-order valence-corrected chi connectivity index (χ3v) is 3.18. The molecule has 0 saturated carbocycles. The van der Waals surface area contributed by atoms with E-state index in [4.69, 9.17) is 5.73 Å². The van der Waals surface area contributed by atoms with E-state index in [9.17, 15) is 4.79 Å². The van der Waals surface area contributed by atoms with Crippen molar-refractivity contribution in [3.05, 3.63) is 34.8 Å². The number of rotatable bonds is 7. The Kier molecular flexibility index (Phi) is 5.04. The van der Waals surface area contributed by atoms with E-state index in [-0.39, 0.29) is 5.56 Å². The van der Waals surface area contributed by atoms with Gasteiger partial charge in [-0.05, 0) is 6.42 Å². The summed E-state index contributed by atoms with van der Waals surface area (Å²) < 4.78 is 3.18. The number of hydrogen-bond donors (Lipinski definition) is 1. The van der Waals surface area contributed by atoms with Gasteiger partial charge in [-0.3, -0.25) is 4.79 Å². The van der Waals surface area contributed by atoms with Gasteiger partial charge >= 0.3 is 0 Å². The number of anilines is 1. The molecule has 2 aromatic heterocycles. The lowest BCUT2D eigenvalue weighted by Gasteiger charge is -2.17. The minimum absolute atomic E-state index is 0.164. The first-order chi connectivity index (χ1) is 10.2. The quantitative estimate of drug-likeness (QED) is 0.752. The first-order valence-electron chi connectivity index (χ1n) is 7.00. The molecule has 0 aromatic carbocycles. The Morgan fingerprint density at radius 1 is 1.33 bits per heavy atom. The van der Waals surface area contributed by atoms with Crippen LogP contribution in [0.15, 0.2) is 23.4 Å². The van der Waals surface area contributed by atoms with E-state index in [1.165, 1.54) is 11.0 Å². The van der Waals surface area contributed by atoms with Crippen molar-refractivity contribution in [3.8, 4) is 0 Å². The van der Waals surface area contributed by atoms with Gasteiger partial charge in [0.15, 0.2) is 0 Å². The standard InChI is InChI=1S/C13H21N7O/c1-3-5-19-12(15-10-17-19)9-20-13(21)7-11(8-16-20)18(2)6-4-14/h7-8,10H,3-6,9,14H2,1-2H3. The second-order valence-electron chi connectivity index (χ2n) is 4.82. The Labute approximate surface area is 123 Å². The van der Waals surface area contributed by atoms with E-state index in [2.05, 4.69) is 22.1 Å². The normalized spacial score (nSPS) is 10.8. The van der Waals surface area contributed by atoms with Gasteiger partial charge in [-0.1, -0.05) is 6.92 Å². The van der Waals surface area contributed by atoms with Crippen molar-refractivity contribution in [2.75, 3.05) is 25.0 Å². The zero-order chi connectivity index (χ0) is 15.2. The molecule has 0 aliphatic heterocycles. The number of aryl methyl sites for hydroxylation is 1. The molecule has 0 radical (unpaired) electrons. The molecular formula is C13H21N7O. The van der Waals surface area contributed by atoms with Gasteiger partial charge < -0.3 is 10.6 Å². The van der Waals surface area contributed by atoms with Crippen molar-refractivity contribution in [1.29, 1.82) is 0 Å². The van der Waals surface area contributed by atoms with Crippen LogP contribution in [-0.4, -0.2) is 44.7 Å². The number of hydrogen-bond acceptors (Lipinski definition) is 6. The molecule has 2 heterocycles. The van der Waals surface area contributed by atoms with Gasteiger partial charge in [-0.2, -0.15) is 10.2 Å². The first kappa shape index (κ1) is 15.2. The monoisotopic (exact) mass is 291 g/mol. The zero-order valence-corrected chi connectivity index (χ0v) is 12.4. The maximum absolute atomic E-state index is 12.1. The highest BCUT2D eigenvalue weighted by Gasteiger charge is 2.08. The van der Waals surface area contributed by atoms with Crippen LogP contribution < -0.4 is 16.2 Å². The van der Waals surface area contributed by atoms with Gasteiger partial charge in [-0.25, -0.2) is 14.3 Å². The lowest BCUT2D eigenvalue weighted by atomic mass is 10.4. The number of aromatic nitrogens is 5. The van der Waals surface area contributed by atoms with Gasteiger partial charge in [0, 0.05) is 32.7 Å². The SMILES string of the molecule is CCCn1ncnc1Cn1ncc(N(C)CCN)cc1=O. The predicted molar refractivity (Wildman–Crippen MR) is 80.2 cm³/mol. The third kappa shape index (κ3) is 3.66. The lowest BCUT2D eigenvalue weighted by molar-refractivity contribution is 0.528. The Morgan fingerprint density at radius 3 is 2.81 bits per heavy atom. The predicted octanol–water partition coefficient (Wildman–Crippen LogP) is -0.312. The van der Waals surface area contributed by atoms with Crippen LogP contribution >= 0.6 is 0 Å². The molecule has 8 nitrogen and oxygen atoms in total. The van der Waals surface area contributed by atoms with Crippen LogP contribution in [0.5, 0.6) is 0 Å². The molecule has 0 fully saturated rings. The summed E-state index contributed by atoms with van der Waals surface area (Å²) in [4.78, 5) is 18.2. The minimum atomic E-state index is -0.164. The average molecular weight is 291 g/mol. The van der Waals surface area contributed by atoms with Crippen molar-refractivity contribution >= 4 is 5.69 Å². The zero-order valence-electron chi connectivity index (χ0n) is 12.4. The molecule has 114 valence electrons. The summed E-state index contributed by atoms with van der Waals surface area (Å²) in [5, 5.41) is 8.34. The first-order valence-corrected chi connectivity index (χ1v) is 7.00. The van der Waals surface area contributed by atoms with Crippen molar-refractivity contribution in [2.24, 2.45) is 5.73 Å². The second-order valence-corrected chi connectivity index (χ2v) is 4.82. The van der Waals surface area contributed by atoms with Gasteiger partial charge in [0.1, 0.15) is 18.7 Å². The van der Waals surface area contributed by atoms with Crippen molar-refractivity contribution < 1.29 is 0 Å². The van der Waals surface area contributed by atoms with E-state index in [0.717, 1.165) is 24.5 Å². The smallest absolute Gasteiger partial charge is 0.269 e. The van der Waals surface area contributed by atoms with Gasteiger partial charge in [0.05, 0.1) is 11.9 Å². The third-order valence-electron chi connectivity index (χ3n) is 3.18. The summed E-state index contributed by atoms with van der Waals surface area (Å²) in [5.74, 6) is 0.731. The molecular weight excluding hydrogens is 270 g/mol. The Hall–Kier alpha value is -2.22. The average Bonchev–Trinajstić information content (AvgIpc) is 2.89. The number of nitrogens with zero attached hydrogens (tertiary/aromatic N) is 6. The topological polar surface area (TPSA) is 94.9 Å². The van der Waals surface area contributed by atoms with E-state index in [1.54, 1.807) is 16.9 Å². The summed E-state index contributed by atoms with van der Waals surface area (Å²) in [7, 11) is 1.88. The maximum Gasteiger partial charge on any atom is 0.269 e. The summed E-state index contributed by atoms with van der Waals surface area (Å²) in [6.07, 6.45) is 4.12. The van der Waals surface area contributed by atoms with Crippen LogP contribution in [0.2, 0.25) is 0 Å². The Balaban J connectivity index is 2.18. The molecule has 2 N–H and O–H groups in total. The van der Waals surface area contributed by atoms with Crippen LogP contribution in [0.3, 0.4) is 0 Å². The molecule has 0 aliphatic rings. The Bertz CT molecular complexity index is 633. The molecule has 0 aliphatic carbocycles. The molecule has 0 spiro atoms. The molecule has 21 heavy (non-hydrogen) atoms. The fourth-order valence-corrected chi connectivity index (χ4v) is 2.02. The number of nitrogens with two attached hydrogens (primary N) is 1. The molecule has 0 unspecified atom stereocenters. The van der Waals surface area contributed by atoms with E-state index >= 15 is 0 Å². The summed E-state index contributed by atoms with van der Waals surface area (Å²) in [5.41, 5.74) is 6.10. The summed E-state index contributed by atoms with van der Waals surface area (Å²) in [6.45, 7) is 4.37. The van der Waals surface area contributed by atoms with E-state index in [1.807, 2.05) is 11.9 Å². The Morgan fingerprint density at radius 2 is 2.14 bits per heavy atom. The van der Waals surface area contributed by atoms with Crippen molar-refractivity contribution in [2.45, 2.75) is 26.4 Å². The van der Waals surface area contributed by atoms with Crippen LogP contribution in [0.25, 0.3) is 0 Å². The van der Waals surface area contributed by atoms with Crippen molar-refractivity contribution in [3.63, 3.8) is 0 Å². The fraction of sp³-hybridized carbons (Fsp3) is 0.538. The molecule has 2 aromatic rings. The van der Waals surface area contributed by atoms with Crippen LogP contribution in [-0.2, 0) is 13.1 Å².